The number of nitrogens with one attached hydrogen (secondary N) is 2. The van der Waals surface area contributed by atoms with Crippen LogP contribution in [0.2, 0.25) is 0 Å². The molecule has 4 rings (SSSR count). The maximum Gasteiger partial charge on any atom is 0.223 e. The third kappa shape index (κ3) is 5.27. The Kier molecular flexibility index (Phi) is 6.03. The van der Waals surface area contributed by atoms with E-state index in [1.165, 1.54) is 31.2 Å². The largest absolute Gasteiger partial charge is 0.369 e. The first-order chi connectivity index (χ1) is 14.8. The van der Waals surface area contributed by atoms with Crippen LogP contribution in [0, 0.1) is 11.3 Å². The first-order valence-corrected chi connectivity index (χ1v) is 11.3. The Hall–Kier alpha value is -2.82. The van der Waals surface area contributed by atoms with Crippen molar-refractivity contribution in [3.63, 3.8) is 0 Å². The summed E-state index contributed by atoms with van der Waals surface area (Å²) in [5.74, 6) is -0.268. The van der Waals surface area contributed by atoms with Gasteiger partial charge in [-0.25, -0.2) is 0 Å². The van der Waals surface area contributed by atoms with Crippen LogP contribution in [-0.4, -0.2) is 17.9 Å². The van der Waals surface area contributed by atoms with Gasteiger partial charge in [0.15, 0.2) is 0 Å². The van der Waals surface area contributed by atoms with Crippen molar-refractivity contribution in [1.29, 1.82) is 0 Å². The number of primary amides is 1. The Labute approximate surface area is 184 Å². The number of nitrogens with two attached hydrogens (primary N) is 1. The summed E-state index contributed by atoms with van der Waals surface area (Å²) in [6, 6.07) is 16.7. The SMILES string of the molecule is CC1(C)CCC(c2ccc(Nc3ccc(CC4NC(=O)CC4C(N)=O)cc3)cc2)CC1. The van der Waals surface area contributed by atoms with Crippen LogP contribution in [0.5, 0.6) is 0 Å². The molecule has 2 atom stereocenters. The van der Waals surface area contributed by atoms with E-state index >= 15 is 0 Å². The molecule has 0 bridgehead atoms. The summed E-state index contributed by atoms with van der Waals surface area (Å²) in [6.45, 7) is 4.75. The lowest BCUT2D eigenvalue weighted by atomic mass is 9.71. The van der Waals surface area contributed by atoms with Crippen molar-refractivity contribution >= 4 is 23.2 Å². The third-order valence-corrected chi connectivity index (χ3v) is 7.02. The smallest absolute Gasteiger partial charge is 0.223 e. The number of carbonyl (C=O) groups is 2. The fourth-order valence-electron chi connectivity index (χ4n) is 4.92. The Morgan fingerprint density at radius 2 is 1.61 bits per heavy atom. The minimum absolute atomic E-state index is 0.104. The van der Waals surface area contributed by atoms with Crippen LogP contribution in [0.4, 0.5) is 11.4 Å². The molecule has 0 radical (unpaired) electrons. The highest BCUT2D eigenvalue weighted by molar-refractivity contribution is 5.89. The highest BCUT2D eigenvalue weighted by atomic mass is 16.2. The molecule has 5 heteroatoms. The summed E-state index contributed by atoms with van der Waals surface area (Å²) in [5, 5.41) is 6.33. The van der Waals surface area contributed by atoms with E-state index in [9.17, 15) is 9.59 Å². The van der Waals surface area contributed by atoms with Crippen LogP contribution in [-0.2, 0) is 16.0 Å². The van der Waals surface area contributed by atoms with E-state index in [0.29, 0.717) is 17.8 Å². The molecular formula is C26H33N3O2. The van der Waals surface area contributed by atoms with Crippen LogP contribution < -0.4 is 16.4 Å². The molecule has 1 saturated carbocycles. The highest BCUT2D eigenvalue weighted by Gasteiger charge is 2.36. The predicted molar refractivity (Wildman–Crippen MR) is 124 cm³/mol. The van der Waals surface area contributed by atoms with Crippen LogP contribution in [0.15, 0.2) is 48.5 Å². The molecule has 1 aliphatic heterocycles. The molecule has 2 aliphatic rings. The molecule has 2 aromatic carbocycles. The molecule has 1 heterocycles. The van der Waals surface area contributed by atoms with Crippen molar-refractivity contribution in [2.75, 3.05) is 5.32 Å². The molecule has 31 heavy (non-hydrogen) atoms. The Morgan fingerprint density at radius 1 is 1.03 bits per heavy atom. The van der Waals surface area contributed by atoms with Crippen LogP contribution in [0.25, 0.3) is 0 Å². The van der Waals surface area contributed by atoms with Gasteiger partial charge in [-0.15, -0.1) is 0 Å². The number of hydrogen-bond acceptors (Lipinski definition) is 3. The second-order valence-corrected chi connectivity index (χ2v) is 9.97. The summed E-state index contributed by atoms with van der Waals surface area (Å²) < 4.78 is 0. The molecule has 2 aromatic rings. The second-order valence-electron chi connectivity index (χ2n) is 9.97. The van der Waals surface area contributed by atoms with Gasteiger partial charge < -0.3 is 16.4 Å². The summed E-state index contributed by atoms with van der Waals surface area (Å²) in [6.07, 6.45) is 5.95. The van der Waals surface area contributed by atoms with E-state index in [2.05, 4.69) is 48.7 Å². The summed E-state index contributed by atoms with van der Waals surface area (Å²) in [4.78, 5) is 23.2. The zero-order chi connectivity index (χ0) is 22.0. The monoisotopic (exact) mass is 419 g/mol. The first kappa shape index (κ1) is 21.4. The van der Waals surface area contributed by atoms with E-state index in [1.807, 2.05) is 24.3 Å². The fraction of sp³-hybridized carbons (Fsp3) is 0.462. The quantitative estimate of drug-likeness (QED) is 0.637. The molecule has 0 aromatic heterocycles. The number of hydrogen-bond donors (Lipinski definition) is 3. The number of benzene rings is 2. The molecule has 5 nitrogen and oxygen atoms in total. The molecule has 2 fully saturated rings. The van der Waals surface area contributed by atoms with Gasteiger partial charge in [0, 0.05) is 23.8 Å². The average Bonchev–Trinajstić information content (AvgIpc) is 3.11. The molecule has 4 N–H and O–H groups in total. The number of amides is 2. The van der Waals surface area contributed by atoms with Gasteiger partial charge in [0.2, 0.25) is 11.8 Å². The van der Waals surface area contributed by atoms with E-state index in [4.69, 9.17) is 5.73 Å². The minimum atomic E-state index is -0.431. The van der Waals surface area contributed by atoms with Gasteiger partial charge in [-0.05, 0) is 78.8 Å². The van der Waals surface area contributed by atoms with Crippen LogP contribution in [0.1, 0.15) is 63.0 Å². The topological polar surface area (TPSA) is 84.2 Å². The molecule has 1 aliphatic carbocycles. The lowest BCUT2D eigenvalue weighted by Gasteiger charge is -2.34. The average molecular weight is 420 g/mol. The van der Waals surface area contributed by atoms with Gasteiger partial charge in [0.25, 0.3) is 0 Å². The van der Waals surface area contributed by atoms with Crippen LogP contribution >= 0.6 is 0 Å². The Morgan fingerprint density at radius 3 is 2.19 bits per heavy atom. The maximum atomic E-state index is 11.6. The van der Waals surface area contributed by atoms with Crippen molar-refractivity contribution in [3.05, 3.63) is 59.7 Å². The van der Waals surface area contributed by atoms with E-state index in [0.717, 1.165) is 16.9 Å². The van der Waals surface area contributed by atoms with Crippen molar-refractivity contribution in [2.45, 2.75) is 64.3 Å². The van der Waals surface area contributed by atoms with Gasteiger partial charge in [-0.1, -0.05) is 38.1 Å². The number of carbonyl (C=O) groups excluding carboxylic acids is 2. The van der Waals surface area contributed by atoms with Crippen LogP contribution in [0.3, 0.4) is 0 Å². The van der Waals surface area contributed by atoms with E-state index < -0.39 is 11.8 Å². The molecule has 2 unspecified atom stereocenters. The number of anilines is 2. The van der Waals surface area contributed by atoms with Gasteiger partial charge in [0.1, 0.15) is 0 Å². The first-order valence-electron chi connectivity index (χ1n) is 11.3. The fourth-order valence-corrected chi connectivity index (χ4v) is 4.92. The third-order valence-electron chi connectivity index (χ3n) is 7.02. The molecule has 2 amide bonds. The zero-order valence-electron chi connectivity index (χ0n) is 18.5. The predicted octanol–water partition coefficient (Wildman–Crippen LogP) is 4.65. The maximum absolute atomic E-state index is 11.6. The minimum Gasteiger partial charge on any atom is -0.369 e. The number of rotatable bonds is 6. The lowest BCUT2D eigenvalue weighted by Crippen LogP contribution is -2.37. The van der Waals surface area contributed by atoms with Gasteiger partial charge in [-0.3, -0.25) is 9.59 Å². The van der Waals surface area contributed by atoms with E-state index in [1.54, 1.807) is 0 Å². The normalized spacial score (nSPS) is 23.4. The van der Waals surface area contributed by atoms with E-state index in [-0.39, 0.29) is 18.4 Å². The molecule has 164 valence electrons. The second kappa shape index (κ2) is 8.74. The van der Waals surface area contributed by atoms with Crippen molar-refractivity contribution in [2.24, 2.45) is 17.1 Å². The van der Waals surface area contributed by atoms with Crippen molar-refractivity contribution in [3.8, 4) is 0 Å². The standard InChI is InChI=1S/C26H33N3O2/c1-26(2)13-11-19(12-14-26)18-5-9-21(10-6-18)28-20-7-3-17(4-8-20)15-23-22(25(27)31)16-24(30)29-23/h3-10,19,22-23,28H,11-16H2,1-2H3,(H2,27,31)(H,29,30). The Balaban J connectivity index is 1.34. The van der Waals surface area contributed by atoms with Gasteiger partial charge in [0.05, 0.1) is 5.92 Å². The lowest BCUT2D eigenvalue weighted by molar-refractivity contribution is -0.124. The molecule has 1 saturated heterocycles. The summed E-state index contributed by atoms with van der Waals surface area (Å²) in [5.41, 5.74) is 10.5. The summed E-state index contributed by atoms with van der Waals surface area (Å²) in [7, 11) is 0. The molecular weight excluding hydrogens is 386 g/mol. The summed E-state index contributed by atoms with van der Waals surface area (Å²) >= 11 is 0. The van der Waals surface area contributed by atoms with Gasteiger partial charge in [-0.2, -0.15) is 0 Å². The van der Waals surface area contributed by atoms with Gasteiger partial charge >= 0.3 is 0 Å². The Bertz CT molecular complexity index is 924. The molecule has 0 spiro atoms. The van der Waals surface area contributed by atoms with Crippen molar-refractivity contribution < 1.29 is 9.59 Å². The van der Waals surface area contributed by atoms with Crippen molar-refractivity contribution in [1.82, 2.24) is 5.32 Å². The zero-order valence-corrected chi connectivity index (χ0v) is 18.5. The highest BCUT2D eigenvalue weighted by Crippen LogP contribution is 2.42.